The first-order valence-corrected chi connectivity index (χ1v) is 6.80. The number of aromatic nitrogens is 2. The Kier molecular flexibility index (Phi) is 4.81. The number of hydrogen-bond acceptors (Lipinski definition) is 4. The van der Waals surface area contributed by atoms with Gasteiger partial charge in [-0.25, -0.2) is 9.37 Å². The second kappa shape index (κ2) is 6.58. The number of aliphatic hydroxyl groups is 1. The van der Waals surface area contributed by atoms with Crippen LogP contribution in [0.3, 0.4) is 0 Å². The van der Waals surface area contributed by atoms with Gasteiger partial charge in [-0.15, -0.1) is 0 Å². The Morgan fingerprint density at radius 2 is 2.16 bits per heavy atom. The quantitative estimate of drug-likeness (QED) is 0.824. The Hall–Kier alpha value is -1.53. The average molecular weight is 282 g/mol. The van der Waals surface area contributed by atoms with Gasteiger partial charge in [0.05, 0.1) is 6.10 Å². The Balaban J connectivity index is 1.74. The molecule has 4 nitrogen and oxygen atoms in total. The minimum absolute atomic E-state index is 0.170. The summed E-state index contributed by atoms with van der Waals surface area (Å²) in [5.41, 5.74) is 0. The molecule has 19 heavy (non-hydrogen) atoms. The standard InChI is InChI=1S/C13H15FN2O2S/c1-16-7-6-15-13(16)19-9-11(17)8-18-12-4-2-10(14)3-5-12/h2-7,11,17H,8-9H2,1H3/t11-/m0/s1. The summed E-state index contributed by atoms with van der Waals surface area (Å²) in [6, 6.07) is 5.72. The Labute approximate surface area is 115 Å². The van der Waals surface area contributed by atoms with E-state index in [1.54, 1.807) is 6.20 Å². The number of thioether (sulfide) groups is 1. The van der Waals surface area contributed by atoms with Crippen molar-refractivity contribution >= 4 is 11.8 Å². The predicted octanol–water partition coefficient (Wildman–Crippen LogP) is 2.09. The van der Waals surface area contributed by atoms with Crippen LogP contribution < -0.4 is 4.74 Å². The molecule has 1 aromatic carbocycles. The van der Waals surface area contributed by atoms with E-state index in [0.717, 1.165) is 5.16 Å². The molecule has 0 aliphatic heterocycles. The highest BCUT2D eigenvalue weighted by atomic mass is 32.2. The first-order chi connectivity index (χ1) is 9.15. The molecule has 1 N–H and O–H groups in total. The number of nitrogens with zero attached hydrogens (tertiary/aromatic N) is 2. The van der Waals surface area contributed by atoms with Crippen molar-refractivity contribution < 1.29 is 14.2 Å². The van der Waals surface area contributed by atoms with Crippen LogP contribution in [0.2, 0.25) is 0 Å². The minimum atomic E-state index is -0.605. The van der Waals surface area contributed by atoms with Crippen molar-refractivity contribution in [1.29, 1.82) is 0 Å². The lowest BCUT2D eigenvalue weighted by molar-refractivity contribution is 0.126. The normalized spacial score (nSPS) is 12.4. The molecule has 0 fully saturated rings. The first-order valence-electron chi connectivity index (χ1n) is 5.81. The van der Waals surface area contributed by atoms with Crippen LogP contribution in [-0.2, 0) is 7.05 Å². The van der Waals surface area contributed by atoms with E-state index in [1.165, 1.54) is 36.0 Å². The monoisotopic (exact) mass is 282 g/mol. The molecule has 0 spiro atoms. The minimum Gasteiger partial charge on any atom is -0.491 e. The molecule has 0 saturated carbocycles. The molecule has 0 bridgehead atoms. The van der Waals surface area contributed by atoms with Crippen LogP contribution >= 0.6 is 11.8 Å². The summed E-state index contributed by atoms with van der Waals surface area (Å²) in [5, 5.41) is 10.6. The number of rotatable bonds is 6. The van der Waals surface area contributed by atoms with E-state index >= 15 is 0 Å². The third-order valence-corrected chi connectivity index (χ3v) is 3.64. The first kappa shape index (κ1) is 13.9. The summed E-state index contributed by atoms with van der Waals surface area (Å²) in [5.74, 6) is 0.729. The highest BCUT2D eigenvalue weighted by Crippen LogP contribution is 2.16. The van der Waals surface area contributed by atoms with Gasteiger partial charge in [-0.3, -0.25) is 0 Å². The van der Waals surface area contributed by atoms with Crippen molar-refractivity contribution in [1.82, 2.24) is 9.55 Å². The van der Waals surface area contributed by atoms with Gasteiger partial charge in [-0.1, -0.05) is 11.8 Å². The maximum absolute atomic E-state index is 12.7. The van der Waals surface area contributed by atoms with Crippen LogP contribution in [0.25, 0.3) is 0 Å². The Bertz CT molecular complexity index is 516. The predicted molar refractivity (Wildman–Crippen MR) is 71.8 cm³/mol. The van der Waals surface area contributed by atoms with Gasteiger partial charge in [0.1, 0.15) is 18.2 Å². The third kappa shape index (κ3) is 4.25. The number of aliphatic hydroxyl groups excluding tert-OH is 1. The number of ether oxygens (including phenoxy) is 1. The SMILES string of the molecule is Cn1ccnc1SC[C@@H](O)COc1ccc(F)cc1. The Morgan fingerprint density at radius 1 is 1.42 bits per heavy atom. The fourth-order valence-electron chi connectivity index (χ4n) is 1.43. The van der Waals surface area contributed by atoms with Crippen LogP contribution in [0.15, 0.2) is 41.8 Å². The molecule has 2 rings (SSSR count). The molecule has 6 heteroatoms. The number of halogens is 1. The molecular formula is C13H15FN2O2S. The number of aryl methyl sites for hydroxylation is 1. The zero-order valence-electron chi connectivity index (χ0n) is 10.5. The van der Waals surface area contributed by atoms with E-state index in [0.29, 0.717) is 11.5 Å². The summed E-state index contributed by atoms with van der Waals surface area (Å²) in [4.78, 5) is 4.15. The van der Waals surface area contributed by atoms with Crippen molar-refractivity contribution in [3.63, 3.8) is 0 Å². The molecule has 102 valence electrons. The molecule has 0 aliphatic carbocycles. The maximum Gasteiger partial charge on any atom is 0.167 e. The molecule has 0 unspecified atom stereocenters. The van der Waals surface area contributed by atoms with E-state index in [2.05, 4.69) is 4.98 Å². The van der Waals surface area contributed by atoms with E-state index in [9.17, 15) is 9.50 Å². The van der Waals surface area contributed by atoms with E-state index in [4.69, 9.17) is 4.74 Å². The van der Waals surface area contributed by atoms with Gasteiger partial charge in [0.2, 0.25) is 0 Å². The number of hydrogen-bond donors (Lipinski definition) is 1. The molecule has 0 aliphatic rings. The van der Waals surface area contributed by atoms with Crippen molar-refractivity contribution in [3.8, 4) is 5.75 Å². The summed E-state index contributed by atoms with van der Waals surface area (Å²) in [7, 11) is 1.90. The topological polar surface area (TPSA) is 47.3 Å². The molecular weight excluding hydrogens is 267 g/mol. The summed E-state index contributed by atoms with van der Waals surface area (Å²) in [6.45, 7) is 0.170. The molecule has 0 saturated heterocycles. The zero-order chi connectivity index (χ0) is 13.7. The van der Waals surface area contributed by atoms with Crippen molar-refractivity contribution in [2.45, 2.75) is 11.3 Å². The van der Waals surface area contributed by atoms with Gasteiger partial charge < -0.3 is 14.4 Å². The second-order valence-corrected chi connectivity index (χ2v) is 5.04. The molecule has 0 radical (unpaired) electrons. The lowest BCUT2D eigenvalue weighted by Gasteiger charge is -2.11. The zero-order valence-corrected chi connectivity index (χ0v) is 11.3. The molecule has 2 aromatic rings. The summed E-state index contributed by atoms with van der Waals surface area (Å²) < 4.78 is 19.9. The van der Waals surface area contributed by atoms with Crippen LogP contribution in [0, 0.1) is 5.82 Å². The summed E-state index contributed by atoms with van der Waals surface area (Å²) in [6.07, 6.45) is 2.96. The smallest absolute Gasteiger partial charge is 0.167 e. The van der Waals surface area contributed by atoms with Crippen molar-refractivity contribution in [2.24, 2.45) is 7.05 Å². The summed E-state index contributed by atoms with van der Waals surface area (Å²) >= 11 is 1.46. The Morgan fingerprint density at radius 3 is 2.79 bits per heavy atom. The highest BCUT2D eigenvalue weighted by molar-refractivity contribution is 7.99. The van der Waals surface area contributed by atoms with Gasteiger partial charge in [-0.2, -0.15) is 0 Å². The van der Waals surface area contributed by atoms with Gasteiger partial charge in [0.25, 0.3) is 0 Å². The third-order valence-electron chi connectivity index (χ3n) is 2.44. The van der Waals surface area contributed by atoms with Crippen LogP contribution in [0.5, 0.6) is 5.75 Å². The van der Waals surface area contributed by atoms with Gasteiger partial charge in [-0.05, 0) is 24.3 Å². The average Bonchev–Trinajstić information content (AvgIpc) is 2.81. The largest absolute Gasteiger partial charge is 0.491 e. The fraction of sp³-hybridized carbons (Fsp3) is 0.308. The van der Waals surface area contributed by atoms with Gasteiger partial charge in [0, 0.05) is 25.2 Å². The van der Waals surface area contributed by atoms with Crippen molar-refractivity contribution in [3.05, 3.63) is 42.5 Å². The van der Waals surface area contributed by atoms with E-state index < -0.39 is 6.10 Å². The lowest BCUT2D eigenvalue weighted by atomic mass is 10.3. The van der Waals surface area contributed by atoms with Crippen LogP contribution in [0.1, 0.15) is 0 Å². The molecule has 1 aromatic heterocycles. The maximum atomic E-state index is 12.7. The van der Waals surface area contributed by atoms with Crippen molar-refractivity contribution in [2.75, 3.05) is 12.4 Å². The second-order valence-electron chi connectivity index (χ2n) is 4.05. The van der Waals surface area contributed by atoms with Crippen LogP contribution in [-0.4, -0.2) is 33.1 Å². The molecule has 0 amide bonds. The molecule has 1 heterocycles. The van der Waals surface area contributed by atoms with Crippen LogP contribution in [0.4, 0.5) is 4.39 Å². The fourth-order valence-corrected chi connectivity index (χ4v) is 2.27. The highest BCUT2D eigenvalue weighted by Gasteiger charge is 2.08. The van der Waals surface area contributed by atoms with E-state index in [1.807, 2.05) is 17.8 Å². The number of benzene rings is 1. The van der Waals surface area contributed by atoms with Gasteiger partial charge in [0.15, 0.2) is 5.16 Å². The van der Waals surface area contributed by atoms with E-state index in [-0.39, 0.29) is 12.4 Å². The lowest BCUT2D eigenvalue weighted by Crippen LogP contribution is -2.20. The van der Waals surface area contributed by atoms with Gasteiger partial charge >= 0.3 is 0 Å². The molecule has 1 atom stereocenters. The number of imidazole rings is 1.